The summed E-state index contributed by atoms with van der Waals surface area (Å²) in [6.45, 7) is 2.68. The lowest BCUT2D eigenvalue weighted by Crippen LogP contribution is -2.44. The minimum Gasteiger partial charge on any atom is -0.338 e. The number of carbonyl (C=O) groups is 1. The lowest BCUT2D eigenvalue weighted by atomic mass is 9.97. The van der Waals surface area contributed by atoms with Crippen LogP contribution in [0, 0.1) is 6.92 Å². The van der Waals surface area contributed by atoms with Crippen molar-refractivity contribution < 1.29 is 4.79 Å². The van der Waals surface area contributed by atoms with Crippen molar-refractivity contribution in [3.8, 4) is 0 Å². The molecule has 1 atom stereocenters. The van der Waals surface area contributed by atoms with Crippen LogP contribution in [0.15, 0.2) is 24.8 Å². The Kier molecular flexibility index (Phi) is 4.69. The van der Waals surface area contributed by atoms with Crippen molar-refractivity contribution in [2.45, 2.75) is 45.1 Å². The van der Waals surface area contributed by atoms with Crippen LogP contribution in [0.3, 0.4) is 0 Å². The van der Waals surface area contributed by atoms with Crippen LogP contribution in [0.4, 0.5) is 0 Å². The van der Waals surface area contributed by atoms with E-state index in [-0.39, 0.29) is 11.9 Å². The average Bonchev–Trinajstić information content (AvgIpc) is 2.98. The zero-order chi connectivity index (χ0) is 16.2. The minimum absolute atomic E-state index is 0.00189. The molecule has 0 radical (unpaired) electrons. The molecule has 1 aliphatic heterocycles. The number of aryl methyl sites for hydroxylation is 3. The van der Waals surface area contributed by atoms with Crippen molar-refractivity contribution in [1.29, 1.82) is 0 Å². The Bertz CT molecular complexity index is 664. The normalized spacial score (nSPS) is 18.2. The van der Waals surface area contributed by atoms with Gasteiger partial charge in [-0.25, -0.2) is 9.97 Å². The highest BCUT2D eigenvalue weighted by atomic mass is 16.2. The Hall–Kier alpha value is -2.24. The molecule has 0 aromatic carbocycles. The molecule has 1 fully saturated rings. The number of piperidine rings is 1. The Labute approximate surface area is 136 Å². The van der Waals surface area contributed by atoms with Gasteiger partial charge in [-0.15, -0.1) is 0 Å². The maximum absolute atomic E-state index is 12.8. The van der Waals surface area contributed by atoms with Gasteiger partial charge in [0.25, 0.3) is 5.91 Å². The van der Waals surface area contributed by atoms with Crippen LogP contribution in [0.25, 0.3) is 0 Å². The highest BCUT2D eigenvalue weighted by Gasteiger charge is 2.28. The van der Waals surface area contributed by atoms with E-state index in [1.165, 1.54) is 6.42 Å². The molecule has 1 amide bonds. The van der Waals surface area contributed by atoms with Crippen LogP contribution in [-0.4, -0.2) is 42.9 Å². The number of hydrogen-bond acceptors (Lipinski definition) is 4. The predicted octanol–water partition coefficient (Wildman–Crippen LogP) is 2.15. The topological polar surface area (TPSA) is 63.9 Å². The summed E-state index contributed by atoms with van der Waals surface area (Å²) < 4.78 is 2.04. The molecule has 0 N–H and O–H groups in total. The van der Waals surface area contributed by atoms with E-state index >= 15 is 0 Å². The average molecular weight is 313 g/mol. The van der Waals surface area contributed by atoms with E-state index in [2.05, 4.69) is 15.0 Å². The molecule has 2 aromatic heterocycles. The van der Waals surface area contributed by atoms with Gasteiger partial charge in [0.1, 0.15) is 11.5 Å². The molecule has 6 nitrogen and oxygen atoms in total. The highest BCUT2D eigenvalue weighted by Crippen LogP contribution is 2.22. The SMILES string of the molecule is Cc1cnc(C(=O)N2CCCCC2CCc2nccn2C)cn1. The van der Waals surface area contributed by atoms with E-state index < -0.39 is 0 Å². The van der Waals surface area contributed by atoms with Crippen molar-refractivity contribution in [1.82, 2.24) is 24.4 Å². The number of likely N-dealkylation sites (tertiary alicyclic amines) is 1. The van der Waals surface area contributed by atoms with Crippen LogP contribution in [0.5, 0.6) is 0 Å². The number of aromatic nitrogens is 4. The summed E-state index contributed by atoms with van der Waals surface area (Å²) >= 11 is 0. The van der Waals surface area contributed by atoms with Gasteiger partial charge in [-0.3, -0.25) is 9.78 Å². The van der Waals surface area contributed by atoms with Crippen molar-refractivity contribution in [3.05, 3.63) is 42.0 Å². The molecular formula is C17H23N5O. The van der Waals surface area contributed by atoms with E-state index in [4.69, 9.17) is 0 Å². The second-order valence-electron chi connectivity index (χ2n) is 6.18. The lowest BCUT2D eigenvalue weighted by molar-refractivity contribution is 0.0594. The Morgan fingerprint density at radius 1 is 1.26 bits per heavy atom. The Morgan fingerprint density at radius 2 is 2.13 bits per heavy atom. The molecule has 3 heterocycles. The summed E-state index contributed by atoms with van der Waals surface area (Å²) in [4.78, 5) is 27.5. The monoisotopic (exact) mass is 313 g/mol. The summed E-state index contributed by atoms with van der Waals surface area (Å²) in [5.41, 5.74) is 1.27. The lowest BCUT2D eigenvalue weighted by Gasteiger charge is -2.35. The standard InChI is InChI=1S/C17H23N5O/c1-13-11-20-15(12-19-13)17(23)22-9-4-3-5-14(22)6-7-16-18-8-10-21(16)2/h8,10-12,14H,3-7,9H2,1-2H3. The number of hydrogen-bond donors (Lipinski definition) is 0. The van der Waals surface area contributed by atoms with E-state index in [1.54, 1.807) is 12.4 Å². The third-order valence-corrected chi connectivity index (χ3v) is 4.51. The van der Waals surface area contributed by atoms with Gasteiger partial charge in [-0.05, 0) is 32.6 Å². The van der Waals surface area contributed by atoms with E-state index in [0.29, 0.717) is 5.69 Å². The molecule has 1 saturated heterocycles. The number of imidazole rings is 1. The van der Waals surface area contributed by atoms with Gasteiger partial charge < -0.3 is 9.47 Å². The minimum atomic E-state index is 0.00189. The van der Waals surface area contributed by atoms with Crippen LogP contribution < -0.4 is 0 Å². The molecule has 122 valence electrons. The summed E-state index contributed by atoms with van der Waals surface area (Å²) in [5.74, 6) is 1.07. The van der Waals surface area contributed by atoms with Gasteiger partial charge in [0, 0.05) is 44.6 Å². The van der Waals surface area contributed by atoms with Gasteiger partial charge in [-0.1, -0.05) is 0 Å². The summed E-state index contributed by atoms with van der Waals surface area (Å²) in [5, 5.41) is 0. The fourth-order valence-corrected chi connectivity index (χ4v) is 3.15. The number of amides is 1. The summed E-state index contributed by atoms with van der Waals surface area (Å²) in [6, 6.07) is 0.260. The second kappa shape index (κ2) is 6.89. The van der Waals surface area contributed by atoms with Crippen LogP contribution in [-0.2, 0) is 13.5 Å². The molecule has 0 aliphatic carbocycles. The van der Waals surface area contributed by atoms with E-state index in [0.717, 1.165) is 43.7 Å². The smallest absolute Gasteiger partial charge is 0.274 e. The first-order valence-electron chi connectivity index (χ1n) is 8.21. The Balaban J connectivity index is 1.69. The molecule has 0 saturated carbocycles. The van der Waals surface area contributed by atoms with E-state index in [9.17, 15) is 4.79 Å². The van der Waals surface area contributed by atoms with Gasteiger partial charge in [0.2, 0.25) is 0 Å². The molecule has 6 heteroatoms. The molecular weight excluding hydrogens is 290 g/mol. The number of carbonyl (C=O) groups excluding carboxylic acids is 1. The van der Waals surface area contributed by atoms with Crippen molar-refractivity contribution in [2.75, 3.05) is 6.54 Å². The Morgan fingerprint density at radius 3 is 2.83 bits per heavy atom. The fourth-order valence-electron chi connectivity index (χ4n) is 3.15. The zero-order valence-electron chi connectivity index (χ0n) is 13.8. The molecule has 3 rings (SSSR count). The third-order valence-electron chi connectivity index (χ3n) is 4.51. The maximum atomic E-state index is 12.8. The van der Waals surface area contributed by atoms with Gasteiger partial charge in [0.05, 0.1) is 11.9 Å². The molecule has 0 bridgehead atoms. The van der Waals surface area contributed by atoms with Gasteiger partial charge >= 0.3 is 0 Å². The first-order chi connectivity index (χ1) is 11.1. The van der Waals surface area contributed by atoms with E-state index in [1.807, 2.05) is 35.8 Å². The zero-order valence-corrected chi connectivity index (χ0v) is 13.8. The fraction of sp³-hybridized carbons (Fsp3) is 0.529. The molecule has 2 aromatic rings. The highest BCUT2D eigenvalue weighted by molar-refractivity contribution is 5.92. The maximum Gasteiger partial charge on any atom is 0.274 e. The molecule has 1 aliphatic rings. The van der Waals surface area contributed by atoms with Crippen LogP contribution >= 0.6 is 0 Å². The molecule has 23 heavy (non-hydrogen) atoms. The van der Waals surface area contributed by atoms with Crippen molar-refractivity contribution in [2.24, 2.45) is 7.05 Å². The number of nitrogens with zero attached hydrogens (tertiary/aromatic N) is 5. The first kappa shape index (κ1) is 15.6. The number of rotatable bonds is 4. The van der Waals surface area contributed by atoms with Crippen LogP contribution in [0.2, 0.25) is 0 Å². The second-order valence-corrected chi connectivity index (χ2v) is 6.18. The summed E-state index contributed by atoms with van der Waals surface area (Å²) in [6.07, 6.45) is 12.1. The van der Waals surface area contributed by atoms with Crippen molar-refractivity contribution in [3.63, 3.8) is 0 Å². The predicted molar refractivity (Wildman–Crippen MR) is 87.0 cm³/mol. The molecule has 0 spiro atoms. The third kappa shape index (κ3) is 3.57. The van der Waals surface area contributed by atoms with Crippen molar-refractivity contribution >= 4 is 5.91 Å². The molecule has 1 unspecified atom stereocenters. The van der Waals surface area contributed by atoms with Gasteiger partial charge in [0.15, 0.2) is 0 Å². The largest absolute Gasteiger partial charge is 0.338 e. The van der Waals surface area contributed by atoms with Gasteiger partial charge in [-0.2, -0.15) is 0 Å². The first-order valence-corrected chi connectivity index (χ1v) is 8.21. The van der Waals surface area contributed by atoms with Crippen LogP contribution in [0.1, 0.15) is 47.7 Å². The summed E-state index contributed by atoms with van der Waals surface area (Å²) in [7, 11) is 2.01. The quantitative estimate of drug-likeness (QED) is 0.867.